The van der Waals surface area contributed by atoms with Crippen molar-refractivity contribution in [2.75, 3.05) is 25.6 Å². The van der Waals surface area contributed by atoms with E-state index in [4.69, 9.17) is 9.47 Å². The van der Waals surface area contributed by atoms with Gasteiger partial charge in [0.2, 0.25) is 6.29 Å². The van der Waals surface area contributed by atoms with Crippen molar-refractivity contribution in [2.45, 2.75) is 68.1 Å². The lowest BCUT2D eigenvalue weighted by Gasteiger charge is -2.49. The number of carbonyl (C=O) groups excluding carboxylic acids is 2. The number of Topliss-reactive ketones (excluding diaryl/α,β-unsaturated/α-hetero) is 2. The van der Waals surface area contributed by atoms with Crippen LogP contribution in [0, 0.1) is 11.3 Å². The van der Waals surface area contributed by atoms with Crippen LogP contribution in [0.3, 0.4) is 0 Å². The number of hydrogen-bond donors (Lipinski definition) is 8. The first-order valence-corrected chi connectivity index (χ1v) is 18.0. The second-order valence-electron chi connectivity index (χ2n) is 12.5. The van der Waals surface area contributed by atoms with Crippen molar-refractivity contribution in [3.05, 3.63) is 76.4 Å². The SMILES string of the molecule is CC1=CC2C(=O)c3cccc4c3C(=O)C2(C(O)=C1)C(CCCO)SSCNC1=CC(=CCN1)CCC1(O)C(O)C(CO)OC(O4)C1O. The highest BCUT2D eigenvalue weighted by Crippen LogP contribution is 2.57. The molecule has 0 aromatic heterocycles. The number of ketones is 2. The van der Waals surface area contributed by atoms with Crippen LogP contribution in [0.5, 0.6) is 5.75 Å². The summed E-state index contributed by atoms with van der Waals surface area (Å²) in [5.41, 5.74) is -2.49. The first-order valence-electron chi connectivity index (χ1n) is 15.7. The molecular formula is C33H40N2O10S2. The summed E-state index contributed by atoms with van der Waals surface area (Å²) >= 11 is 0. The zero-order valence-electron chi connectivity index (χ0n) is 25.8. The quantitative estimate of drug-likeness (QED) is 0.213. The van der Waals surface area contributed by atoms with E-state index < -0.39 is 65.0 Å². The lowest BCUT2D eigenvalue weighted by atomic mass is 9.57. The number of allylic oxidation sites excluding steroid dienone is 6. The lowest BCUT2D eigenvalue weighted by molar-refractivity contribution is -0.315. The topological polar surface area (TPSA) is 198 Å². The van der Waals surface area contributed by atoms with E-state index in [1.54, 1.807) is 13.0 Å². The molecule has 1 aromatic carbocycles. The largest absolute Gasteiger partial charge is 0.511 e. The maximum atomic E-state index is 15.0. The van der Waals surface area contributed by atoms with Crippen LogP contribution in [-0.2, 0) is 4.74 Å². The summed E-state index contributed by atoms with van der Waals surface area (Å²) in [4.78, 5) is 29.3. The first-order chi connectivity index (χ1) is 22.6. The van der Waals surface area contributed by atoms with Gasteiger partial charge in [-0.25, -0.2) is 0 Å². The van der Waals surface area contributed by atoms with Crippen LogP contribution in [0.4, 0.5) is 0 Å². The van der Waals surface area contributed by atoms with E-state index in [0.29, 0.717) is 36.7 Å². The predicted octanol–water partition coefficient (Wildman–Crippen LogP) is 1.85. The van der Waals surface area contributed by atoms with E-state index in [0.717, 1.165) is 5.57 Å². The van der Waals surface area contributed by atoms with Crippen LogP contribution in [0.1, 0.15) is 53.3 Å². The molecule has 5 aliphatic rings. The van der Waals surface area contributed by atoms with E-state index in [9.17, 15) is 35.4 Å². The zero-order valence-corrected chi connectivity index (χ0v) is 27.4. The third-order valence-electron chi connectivity index (χ3n) is 9.69. The summed E-state index contributed by atoms with van der Waals surface area (Å²) in [6, 6.07) is 4.48. The van der Waals surface area contributed by atoms with Crippen LogP contribution in [0.2, 0.25) is 0 Å². The Bertz CT molecular complexity index is 1540. The highest BCUT2D eigenvalue weighted by atomic mass is 33.1. The van der Waals surface area contributed by atoms with Gasteiger partial charge in [0.05, 0.1) is 29.8 Å². The third kappa shape index (κ3) is 5.82. The van der Waals surface area contributed by atoms with Gasteiger partial charge in [-0.05, 0) is 56.4 Å². The molecule has 0 amide bonds. The Morgan fingerprint density at radius 3 is 2.68 bits per heavy atom. The van der Waals surface area contributed by atoms with Gasteiger partial charge in [-0.15, -0.1) is 0 Å². The van der Waals surface area contributed by atoms with Crippen LogP contribution in [0.25, 0.3) is 0 Å². The summed E-state index contributed by atoms with van der Waals surface area (Å²) in [5.74, 6) is -1.30. The highest BCUT2D eigenvalue weighted by Gasteiger charge is 2.62. The third-order valence-corrected chi connectivity index (χ3v) is 12.4. The molecule has 8 atom stereocenters. The fourth-order valence-corrected chi connectivity index (χ4v) is 10.1. The standard InChI is InChI=1S/C33H40N2O10S2/c1-17-12-20-27(39)19-4-2-5-21-26(19)29(41)33(20,23(38)13-17)24(6-3-11-36)47-46-16-35-25-14-18(8-10-34-25)7-9-32(43)28(40)22(15-37)45-31(44-21)30(32)42/h2,4-5,8,12-14,20,22,24,28,30-31,34-38,40,42-43H,3,6-7,9-11,15-16H2,1H3. The van der Waals surface area contributed by atoms with E-state index in [2.05, 4.69) is 10.6 Å². The number of dihydropyridines is 1. The molecule has 254 valence electrons. The Morgan fingerprint density at radius 2 is 1.91 bits per heavy atom. The van der Waals surface area contributed by atoms with Crippen molar-refractivity contribution in [1.82, 2.24) is 10.6 Å². The van der Waals surface area contributed by atoms with Crippen LogP contribution in [-0.4, -0.2) is 103 Å². The van der Waals surface area contributed by atoms with E-state index in [-0.39, 0.29) is 42.1 Å². The van der Waals surface area contributed by atoms with E-state index in [1.807, 2.05) is 12.2 Å². The zero-order chi connectivity index (χ0) is 33.5. The number of rotatable bonds is 4. The molecule has 2 aliphatic carbocycles. The number of hydrogen-bond acceptors (Lipinski definition) is 14. The second-order valence-corrected chi connectivity index (χ2v) is 15.1. The molecule has 8 unspecified atom stereocenters. The number of aliphatic hydroxyl groups excluding tert-OH is 5. The molecule has 3 heterocycles. The molecule has 6 bridgehead atoms. The van der Waals surface area contributed by atoms with Gasteiger partial charge in [-0.2, -0.15) is 0 Å². The normalized spacial score (nSPS) is 35.7. The van der Waals surface area contributed by atoms with Crippen molar-refractivity contribution in [3.63, 3.8) is 0 Å². The summed E-state index contributed by atoms with van der Waals surface area (Å²) in [6.45, 7) is 1.38. The summed E-state index contributed by atoms with van der Waals surface area (Å²) in [6.07, 6.45) is 1.27. The van der Waals surface area contributed by atoms with Crippen molar-refractivity contribution < 1.29 is 49.7 Å². The molecule has 3 aliphatic heterocycles. The number of nitrogens with one attached hydrogen (secondary N) is 2. The first kappa shape index (κ1) is 34.1. The van der Waals surface area contributed by atoms with Gasteiger partial charge in [-0.1, -0.05) is 51.4 Å². The number of fused-ring (bicyclic) bond motifs is 3. The van der Waals surface area contributed by atoms with Crippen molar-refractivity contribution in [3.8, 4) is 5.75 Å². The Morgan fingerprint density at radius 1 is 1.11 bits per heavy atom. The summed E-state index contributed by atoms with van der Waals surface area (Å²) in [7, 11) is 2.77. The fourth-order valence-electron chi connectivity index (χ4n) is 7.21. The second kappa shape index (κ2) is 13.6. The minimum absolute atomic E-state index is 0.0681. The monoisotopic (exact) mass is 688 g/mol. The fraction of sp³-hybridized carbons (Fsp3) is 0.515. The van der Waals surface area contributed by atoms with Gasteiger partial charge in [-0.3, -0.25) is 9.59 Å². The lowest BCUT2D eigenvalue weighted by Crippen LogP contribution is -2.68. The van der Waals surface area contributed by atoms with Crippen LogP contribution in [0.15, 0.2) is 65.2 Å². The number of ether oxygens (including phenoxy) is 2. The molecule has 14 heteroatoms. The van der Waals surface area contributed by atoms with Crippen molar-refractivity contribution >= 4 is 33.2 Å². The molecule has 1 aromatic rings. The van der Waals surface area contributed by atoms with Gasteiger partial charge in [0.25, 0.3) is 0 Å². The number of benzene rings is 1. The van der Waals surface area contributed by atoms with Crippen molar-refractivity contribution in [1.29, 1.82) is 0 Å². The summed E-state index contributed by atoms with van der Waals surface area (Å²) in [5, 5.41) is 71.8. The van der Waals surface area contributed by atoms with Crippen LogP contribution >= 0.6 is 21.6 Å². The van der Waals surface area contributed by atoms with Gasteiger partial charge in [0.1, 0.15) is 40.8 Å². The minimum Gasteiger partial charge on any atom is -0.511 e. The van der Waals surface area contributed by atoms with Gasteiger partial charge in [0.15, 0.2) is 11.6 Å². The van der Waals surface area contributed by atoms with E-state index >= 15 is 4.79 Å². The minimum atomic E-state index is -2.18. The molecule has 1 fully saturated rings. The van der Waals surface area contributed by atoms with Gasteiger partial charge < -0.3 is 50.7 Å². The molecular weight excluding hydrogens is 649 g/mol. The molecule has 47 heavy (non-hydrogen) atoms. The molecule has 12 nitrogen and oxygen atoms in total. The number of aliphatic hydroxyl groups is 6. The molecule has 0 radical (unpaired) electrons. The summed E-state index contributed by atoms with van der Waals surface area (Å²) < 4.78 is 11.9. The average molecular weight is 689 g/mol. The Labute approximate surface area is 280 Å². The Hall–Kier alpha value is -2.82. The molecule has 1 saturated heterocycles. The highest BCUT2D eigenvalue weighted by molar-refractivity contribution is 8.76. The van der Waals surface area contributed by atoms with Crippen molar-refractivity contribution in [2.24, 2.45) is 11.3 Å². The average Bonchev–Trinajstić information content (AvgIpc) is 3.06. The van der Waals surface area contributed by atoms with E-state index in [1.165, 1.54) is 45.9 Å². The maximum Gasteiger partial charge on any atom is 0.229 e. The smallest absolute Gasteiger partial charge is 0.229 e. The maximum absolute atomic E-state index is 15.0. The number of carbonyl (C=O) groups is 2. The molecule has 0 saturated carbocycles. The molecule has 8 N–H and O–H groups in total. The Kier molecular flexibility index (Phi) is 9.85. The van der Waals surface area contributed by atoms with Crippen LogP contribution < -0.4 is 15.4 Å². The molecule has 1 spiro atoms. The van der Waals surface area contributed by atoms with Gasteiger partial charge >= 0.3 is 0 Å². The predicted molar refractivity (Wildman–Crippen MR) is 176 cm³/mol. The Balaban J connectivity index is 1.51. The van der Waals surface area contributed by atoms with Gasteiger partial charge in [0, 0.05) is 24.0 Å². The molecule has 6 rings (SSSR count).